The minimum absolute atomic E-state index is 0.0112. The molecule has 0 aromatic carbocycles. The average molecular weight is 377 g/mol. The van der Waals surface area contributed by atoms with E-state index in [0.29, 0.717) is 31.9 Å². The van der Waals surface area contributed by atoms with Crippen molar-refractivity contribution in [2.45, 2.75) is 12.7 Å². The molecule has 0 amide bonds. The van der Waals surface area contributed by atoms with Crippen LogP contribution in [0.1, 0.15) is 5.56 Å². The van der Waals surface area contributed by atoms with Gasteiger partial charge < -0.3 is 4.74 Å². The first-order valence-electron chi connectivity index (χ1n) is 8.66. The van der Waals surface area contributed by atoms with Gasteiger partial charge in [0.25, 0.3) is 0 Å². The molecule has 1 aliphatic rings. The largest absolute Gasteiger partial charge is 0.417 e. The van der Waals surface area contributed by atoms with Gasteiger partial charge in [-0.3, -0.25) is 9.88 Å². The van der Waals surface area contributed by atoms with Crippen LogP contribution in [0.3, 0.4) is 0 Å². The van der Waals surface area contributed by atoms with Crippen LogP contribution in [0.4, 0.5) is 13.2 Å². The number of alkyl halides is 3. The number of ether oxygens (including phenoxy) is 1. The lowest BCUT2D eigenvalue weighted by Crippen LogP contribution is -2.38. The van der Waals surface area contributed by atoms with Crippen molar-refractivity contribution >= 4 is 11.0 Å². The molecule has 3 aromatic rings. The van der Waals surface area contributed by atoms with Gasteiger partial charge in [0.15, 0.2) is 5.65 Å². The number of hydrogen-bond acceptors (Lipinski definition) is 5. The minimum atomic E-state index is -4.49. The number of pyridine rings is 2. The quantitative estimate of drug-likeness (QED) is 0.700. The second-order valence-corrected chi connectivity index (χ2v) is 6.35. The Hall–Kier alpha value is -2.52. The second kappa shape index (κ2) is 7.24. The first-order valence-corrected chi connectivity index (χ1v) is 8.66. The maximum Gasteiger partial charge on any atom is 0.417 e. The molecule has 0 spiro atoms. The van der Waals surface area contributed by atoms with Gasteiger partial charge in [0.05, 0.1) is 42.6 Å². The fourth-order valence-electron chi connectivity index (χ4n) is 3.17. The van der Waals surface area contributed by atoms with Gasteiger partial charge in [-0.15, -0.1) is 0 Å². The van der Waals surface area contributed by atoms with Crippen LogP contribution in [0.25, 0.3) is 22.3 Å². The van der Waals surface area contributed by atoms with Crippen molar-refractivity contribution < 1.29 is 17.9 Å². The summed E-state index contributed by atoms with van der Waals surface area (Å²) in [6.07, 6.45) is -0.171. The molecule has 0 aliphatic carbocycles. The number of halogens is 3. The predicted octanol–water partition coefficient (Wildman–Crippen LogP) is 2.84. The number of fused-ring (bicyclic) bond motifs is 1. The Morgan fingerprint density at radius 1 is 1.11 bits per heavy atom. The third-order valence-electron chi connectivity index (χ3n) is 4.60. The zero-order valence-corrected chi connectivity index (χ0v) is 14.5. The standard InChI is InChI=1S/C18H18F3N5O/c19-18(20,21)15-10-16(13-2-1-3-22-11-13)24-17-14(15)12-23-26(17)5-4-25-6-8-27-9-7-25/h1-3,10-12H,4-9H2. The van der Waals surface area contributed by atoms with E-state index in [1.807, 2.05) is 0 Å². The van der Waals surface area contributed by atoms with Gasteiger partial charge in [-0.25, -0.2) is 9.67 Å². The van der Waals surface area contributed by atoms with Gasteiger partial charge in [-0.2, -0.15) is 18.3 Å². The smallest absolute Gasteiger partial charge is 0.379 e. The topological polar surface area (TPSA) is 56.1 Å². The summed E-state index contributed by atoms with van der Waals surface area (Å²) in [6.45, 7) is 4.09. The lowest BCUT2D eigenvalue weighted by Gasteiger charge is -2.26. The third kappa shape index (κ3) is 3.79. The Kier molecular flexibility index (Phi) is 4.79. The molecule has 1 saturated heterocycles. The van der Waals surface area contributed by atoms with Gasteiger partial charge in [0, 0.05) is 37.6 Å². The third-order valence-corrected chi connectivity index (χ3v) is 4.60. The molecule has 0 unspecified atom stereocenters. The van der Waals surface area contributed by atoms with Crippen LogP contribution in [0.5, 0.6) is 0 Å². The number of hydrogen-bond donors (Lipinski definition) is 0. The van der Waals surface area contributed by atoms with Crippen molar-refractivity contribution in [2.75, 3.05) is 32.8 Å². The Labute approximate surface area is 153 Å². The molecule has 1 fully saturated rings. The summed E-state index contributed by atoms with van der Waals surface area (Å²) < 4.78 is 47.6. The molecule has 4 heterocycles. The molecule has 6 nitrogen and oxygen atoms in total. The fraction of sp³-hybridized carbons (Fsp3) is 0.389. The molecule has 9 heteroatoms. The molecule has 27 heavy (non-hydrogen) atoms. The fourth-order valence-corrected chi connectivity index (χ4v) is 3.17. The number of aromatic nitrogens is 4. The van der Waals surface area contributed by atoms with Crippen LogP contribution in [0, 0.1) is 0 Å². The van der Waals surface area contributed by atoms with Gasteiger partial charge in [0.1, 0.15) is 0 Å². The second-order valence-electron chi connectivity index (χ2n) is 6.35. The first-order chi connectivity index (χ1) is 13.0. The Bertz CT molecular complexity index is 920. The Morgan fingerprint density at radius 3 is 2.63 bits per heavy atom. The molecule has 1 aliphatic heterocycles. The summed E-state index contributed by atoms with van der Waals surface area (Å²) in [5.41, 5.74) is 0.266. The van der Waals surface area contributed by atoms with E-state index in [4.69, 9.17) is 4.74 Å². The molecule has 4 rings (SSSR count). The average Bonchev–Trinajstić information content (AvgIpc) is 3.09. The van der Waals surface area contributed by atoms with Gasteiger partial charge in [-0.05, 0) is 18.2 Å². The highest BCUT2D eigenvalue weighted by Crippen LogP contribution is 2.36. The van der Waals surface area contributed by atoms with E-state index in [2.05, 4.69) is 20.0 Å². The van der Waals surface area contributed by atoms with E-state index in [9.17, 15) is 13.2 Å². The molecule has 0 N–H and O–H groups in total. The number of nitrogens with zero attached hydrogens (tertiary/aromatic N) is 5. The zero-order chi connectivity index (χ0) is 18.9. The molecule has 0 radical (unpaired) electrons. The molecule has 0 saturated carbocycles. The van der Waals surface area contributed by atoms with Crippen LogP contribution in [0.15, 0.2) is 36.8 Å². The summed E-state index contributed by atoms with van der Waals surface area (Å²) in [5.74, 6) is 0. The van der Waals surface area contributed by atoms with Crippen molar-refractivity contribution in [2.24, 2.45) is 0 Å². The SMILES string of the molecule is FC(F)(F)c1cc(-c2cccnc2)nc2c1cnn2CCN1CCOCC1. The highest BCUT2D eigenvalue weighted by molar-refractivity contribution is 5.82. The van der Waals surface area contributed by atoms with Crippen molar-refractivity contribution in [1.82, 2.24) is 24.6 Å². The van der Waals surface area contributed by atoms with Crippen molar-refractivity contribution in [3.8, 4) is 11.3 Å². The van der Waals surface area contributed by atoms with Crippen molar-refractivity contribution in [3.05, 3.63) is 42.4 Å². The summed E-state index contributed by atoms with van der Waals surface area (Å²) >= 11 is 0. The van der Waals surface area contributed by atoms with Gasteiger partial charge in [0.2, 0.25) is 0 Å². The number of rotatable bonds is 4. The summed E-state index contributed by atoms with van der Waals surface area (Å²) in [4.78, 5) is 10.6. The summed E-state index contributed by atoms with van der Waals surface area (Å²) in [7, 11) is 0. The molecule has 0 bridgehead atoms. The van der Waals surface area contributed by atoms with Crippen LogP contribution < -0.4 is 0 Å². The monoisotopic (exact) mass is 377 g/mol. The zero-order valence-electron chi connectivity index (χ0n) is 14.5. The van der Waals surface area contributed by atoms with E-state index in [0.717, 1.165) is 19.2 Å². The molecular weight excluding hydrogens is 359 g/mol. The lowest BCUT2D eigenvalue weighted by atomic mass is 10.1. The van der Waals surface area contributed by atoms with E-state index in [-0.39, 0.29) is 16.7 Å². The van der Waals surface area contributed by atoms with Gasteiger partial charge in [-0.1, -0.05) is 0 Å². The van der Waals surface area contributed by atoms with Crippen LogP contribution in [0.2, 0.25) is 0 Å². The van der Waals surface area contributed by atoms with Crippen molar-refractivity contribution in [1.29, 1.82) is 0 Å². The van der Waals surface area contributed by atoms with Crippen LogP contribution in [-0.4, -0.2) is 57.5 Å². The Balaban J connectivity index is 1.73. The lowest BCUT2D eigenvalue weighted by molar-refractivity contribution is -0.136. The van der Waals surface area contributed by atoms with E-state index in [1.54, 1.807) is 23.0 Å². The van der Waals surface area contributed by atoms with Crippen LogP contribution >= 0.6 is 0 Å². The molecule has 3 aromatic heterocycles. The maximum atomic E-state index is 13.6. The van der Waals surface area contributed by atoms with Crippen molar-refractivity contribution in [3.63, 3.8) is 0 Å². The normalized spacial score (nSPS) is 16.1. The van der Waals surface area contributed by atoms with E-state index >= 15 is 0 Å². The van der Waals surface area contributed by atoms with Crippen LogP contribution in [-0.2, 0) is 17.5 Å². The van der Waals surface area contributed by atoms with Gasteiger partial charge >= 0.3 is 6.18 Å². The molecule has 142 valence electrons. The summed E-state index contributed by atoms with van der Waals surface area (Å²) in [5, 5.41) is 4.18. The molecular formula is C18H18F3N5O. The van der Waals surface area contributed by atoms with E-state index < -0.39 is 11.7 Å². The predicted molar refractivity (Wildman–Crippen MR) is 93.0 cm³/mol. The number of morpholine rings is 1. The van der Waals surface area contributed by atoms with E-state index in [1.165, 1.54) is 12.4 Å². The Morgan fingerprint density at radius 2 is 1.93 bits per heavy atom. The highest BCUT2D eigenvalue weighted by atomic mass is 19.4. The molecule has 0 atom stereocenters. The highest BCUT2D eigenvalue weighted by Gasteiger charge is 2.34. The maximum absolute atomic E-state index is 13.6. The summed E-state index contributed by atoms with van der Waals surface area (Å²) in [6, 6.07) is 4.42. The first kappa shape index (κ1) is 17.9. The minimum Gasteiger partial charge on any atom is -0.379 e.